The monoisotopic (exact) mass is 201 g/mol. The molecule has 1 radical (unpaired) electrons. The maximum absolute atomic E-state index is 5.47. The Morgan fingerprint density at radius 2 is 2.25 bits per heavy atom. The SMILES string of the molecule is C[CH]Sc1ccccc1OCCl. The van der Waals surface area contributed by atoms with Gasteiger partial charge in [-0.1, -0.05) is 30.7 Å². The van der Waals surface area contributed by atoms with Gasteiger partial charge in [-0.25, -0.2) is 0 Å². The van der Waals surface area contributed by atoms with E-state index in [2.05, 4.69) is 0 Å². The number of hydrogen-bond acceptors (Lipinski definition) is 2. The Balaban J connectivity index is 2.77. The molecule has 0 unspecified atom stereocenters. The molecule has 65 valence electrons. The molecule has 1 aromatic rings. The Bertz CT molecular complexity index is 215. The molecule has 0 aliphatic rings. The molecule has 0 saturated heterocycles. The minimum Gasteiger partial charge on any atom is -0.477 e. The number of para-hydroxylation sites is 1. The van der Waals surface area contributed by atoms with E-state index in [-0.39, 0.29) is 6.07 Å². The van der Waals surface area contributed by atoms with E-state index in [1.807, 2.05) is 36.9 Å². The summed E-state index contributed by atoms with van der Waals surface area (Å²) in [6, 6.07) is 8.02. The summed E-state index contributed by atoms with van der Waals surface area (Å²) >= 11 is 7.10. The van der Waals surface area contributed by atoms with E-state index < -0.39 is 0 Å². The number of rotatable bonds is 4. The minimum absolute atomic E-state index is 0.196. The van der Waals surface area contributed by atoms with E-state index in [0.717, 1.165) is 10.6 Å². The molecular weight excluding hydrogens is 192 g/mol. The number of alkyl halides is 1. The van der Waals surface area contributed by atoms with Crippen molar-refractivity contribution in [3.63, 3.8) is 0 Å². The van der Waals surface area contributed by atoms with Crippen molar-refractivity contribution in [1.82, 2.24) is 0 Å². The highest BCUT2D eigenvalue weighted by atomic mass is 35.5. The van der Waals surface area contributed by atoms with Crippen LogP contribution >= 0.6 is 23.4 Å². The van der Waals surface area contributed by atoms with Crippen LogP contribution in [0.3, 0.4) is 0 Å². The number of hydrogen-bond donors (Lipinski definition) is 0. The molecular formula is C9H10ClOS. The van der Waals surface area contributed by atoms with Crippen LogP contribution in [0, 0.1) is 5.75 Å². The standard InChI is InChI=1S/C9H10ClOS/c1-2-12-9-6-4-3-5-8(9)11-7-10/h2-6H,7H2,1H3. The summed E-state index contributed by atoms with van der Waals surface area (Å²) in [5.41, 5.74) is 0. The zero-order valence-electron chi connectivity index (χ0n) is 6.79. The lowest BCUT2D eigenvalue weighted by Gasteiger charge is -2.06. The van der Waals surface area contributed by atoms with Crippen LogP contribution in [-0.4, -0.2) is 6.07 Å². The summed E-state index contributed by atoms with van der Waals surface area (Å²) in [6.45, 7) is 1.99. The van der Waals surface area contributed by atoms with E-state index in [1.54, 1.807) is 11.8 Å². The summed E-state index contributed by atoms with van der Waals surface area (Å²) < 4.78 is 5.21. The van der Waals surface area contributed by atoms with E-state index in [9.17, 15) is 0 Å². The van der Waals surface area contributed by atoms with Crippen LogP contribution in [0.1, 0.15) is 6.92 Å². The topological polar surface area (TPSA) is 9.23 Å². The Hall–Kier alpha value is -0.340. The molecule has 0 saturated carbocycles. The normalized spacial score (nSPS) is 9.83. The van der Waals surface area contributed by atoms with Crippen LogP contribution in [0.25, 0.3) is 0 Å². The fourth-order valence-corrected chi connectivity index (χ4v) is 1.62. The average Bonchev–Trinajstić information content (AvgIpc) is 2.09. The van der Waals surface area contributed by atoms with Crippen molar-refractivity contribution in [2.24, 2.45) is 0 Å². The molecule has 0 aliphatic carbocycles. The van der Waals surface area contributed by atoms with Crippen molar-refractivity contribution in [3.05, 3.63) is 30.0 Å². The molecule has 3 heteroatoms. The average molecular weight is 202 g/mol. The maximum Gasteiger partial charge on any atom is 0.162 e. The number of halogens is 1. The van der Waals surface area contributed by atoms with E-state index >= 15 is 0 Å². The second kappa shape index (κ2) is 5.33. The van der Waals surface area contributed by atoms with Gasteiger partial charge in [0.1, 0.15) is 5.75 Å². The quantitative estimate of drug-likeness (QED) is 0.545. The third-order valence-electron chi connectivity index (χ3n) is 1.30. The van der Waals surface area contributed by atoms with Crippen molar-refractivity contribution in [3.8, 4) is 5.75 Å². The molecule has 1 nitrogen and oxygen atoms in total. The van der Waals surface area contributed by atoms with Gasteiger partial charge in [0.15, 0.2) is 6.07 Å². The van der Waals surface area contributed by atoms with Gasteiger partial charge in [-0.05, 0) is 12.1 Å². The zero-order chi connectivity index (χ0) is 8.81. The molecule has 0 atom stereocenters. The van der Waals surface area contributed by atoms with Crippen LogP contribution < -0.4 is 4.74 Å². The van der Waals surface area contributed by atoms with Gasteiger partial charge in [0.05, 0.1) is 0 Å². The van der Waals surface area contributed by atoms with E-state index in [4.69, 9.17) is 16.3 Å². The van der Waals surface area contributed by atoms with Gasteiger partial charge in [-0.2, -0.15) is 0 Å². The number of thioether (sulfide) groups is 1. The van der Waals surface area contributed by atoms with Gasteiger partial charge >= 0.3 is 0 Å². The van der Waals surface area contributed by atoms with Gasteiger partial charge in [0, 0.05) is 10.6 Å². The Kier molecular flexibility index (Phi) is 4.33. The predicted molar refractivity (Wildman–Crippen MR) is 53.6 cm³/mol. The molecule has 12 heavy (non-hydrogen) atoms. The molecule has 1 aromatic carbocycles. The van der Waals surface area contributed by atoms with Gasteiger partial charge in [0.2, 0.25) is 0 Å². The zero-order valence-corrected chi connectivity index (χ0v) is 8.36. The second-order valence-electron chi connectivity index (χ2n) is 2.05. The Morgan fingerprint density at radius 3 is 2.92 bits per heavy atom. The molecule has 0 fully saturated rings. The minimum atomic E-state index is 0.196. The van der Waals surface area contributed by atoms with Crippen LogP contribution in [0.2, 0.25) is 0 Å². The molecule has 0 heterocycles. The lowest BCUT2D eigenvalue weighted by molar-refractivity contribution is 0.379. The van der Waals surface area contributed by atoms with Crippen molar-refractivity contribution < 1.29 is 4.74 Å². The molecule has 0 N–H and O–H groups in total. The smallest absolute Gasteiger partial charge is 0.162 e. The molecule has 0 aliphatic heterocycles. The Morgan fingerprint density at radius 1 is 1.50 bits per heavy atom. The first-order chi connectivity index (χ1) is 5.88. The summed E-state index contributed by atoms with van der Waals surface area (Å²) in [5.74, 6) is 2.85. The first kappa shape index (κ1) is 9.75. The highest BCUT2D eigenvalue weighted by Crippen LogP contribution is 2.30. The van der Waals surface area contributed by atoms with E-state index in [0.29, 0.717) is 0 Å². The van der Waals surface area contributed by atoms with Crippen molar-refractivity contribution in [2.45, 2.75) is 11.8 Å². The first-order valence-electron chi connectivity index (χ1n) is 3.60. The van der Waals surface area contributed by atoms with Crippen LogP contribution in [0.4, 0.5) is 0 Å². The summed E-state index contributed by atoms with van der Waals surface area (Å²) in [6.07, 6.45) is 0. The van der Waals surface area contributed by atoms with Crippen molar-refractivity contribution >= 4 is 23.4 Å². The number of ether oxygens (including phenoxy) is 1. The maximum atomic E-state index is 5.47. The summed E-state index contributed by atoms with van der Waals surface area (Å²) in [4.78, 5) is 1.10. The molecule has 0 amide bonds. The van der Waals surface area contributed by atoms with Gasteiger partial charge < -0.3 is 4.74 Å². The van der Waals surface area contributed by atoms with Crippen molar-refractivity contribution in [2.75, 3.05) is 6.07 Å². The molecule has 1 rings (SSSR count). The largest absolute Gasteiger partial charge is 0.477 e. The Labute approximate surface area is 82.1 Å². The van der Waals surface area contributed by atoms with Crippen molar-refractivity contribution in [1.29, 1.82) is 0 Å². The summed E-state index contributed by atoms with van der Waals surface area (Å²) in [5, 5.41) is 0. The number of benzene rings is 1. The van der Waals surface area contributed by atoms with Crippen LogP contribution in [0.15, 0.2) is 29.2 Å². The van der Waals surface area contributed by atoms with Gasteiger partial charge in [-0.3, -0.25) is 0 Å². The fourth-order valence-electron chi connectivity index (χ4n) is 0.853. The highest BCUT2D eigenvalue weighted by molar-refractivity contribution is 8.01. The first-order valence-corrected chi connectivity index (χ1v) is 5.02. The predicted octanol–water partition coefficient (Wildman–Crippen LogP) is 3.54. The van der Waals surface area contributed by atoms with E-state index in [1.165, 1.54) is 0 Å². The molecule has 0 spiro atoms. The molecule has 0 bridgehead atoms. The lowest BCUT2D eigenvalue weighted by Crippen LogP contribution is -1.90. The summed E-state index contributed by atoms with van der Waals surface area (Å²) in [7, 11) is 0. The molecule has 0 aromatic heterocycles. The van der Waals surface area contributed by atoms with Crippen LogP contribution in [-0.2, 0) is 0 Å². The fraction of sp³-hybridized carbons (Fsp3) is 0.222. The second-order valence-corrected chi connectivity index (χ2v) is 3.42. The van der Waals surface area contributed by atoms with Gasteiger partial charge in [-0.15, -0.1) is 11.8 Å². The third-order valence-corrected chi connectivity index (χ3v) is 2.24. The lowest BCUT2D eigenvalue weighted by atomic mass is 10.3. The highest BCUT2D eigenvalue weighted by Gasteiger charge is 2.00. The third kappa shape index (κ3) is 2.61. The van der Waals surface area contributed by atoms with Crippen LogP contribution in [0.5, 0.6) is 5.75 Å². The van der Waals surface area contributed by atoms with Gasteiger partial charge in [0.25, 0.3) is 0 Å².